The van der Waals surface area contributed by atoms with E-state index in [4.69, 9.17) is 27.9 Å². The number of nitrogens with zero attached hydrogens (tertiary/aromatic N) is 3. The molecule has 1 aromatic carbocycles. The van der Waals surface area contributed by atoms with E-state index >= 15 is 0 Å². The van der Waals surface area contributed by atoms with Crippen molar-refractivity contribution in [2.75, 3.05) is 0 Å². The maximum Gasteiger partial charge on any atom is 0.311 e. The second kappa shape index (κ2) is 6.24. The van der Waals surface area contributed by atoms with Crippen molar-refractivity contribution >= 4 is 28.9 Å². The third-order valence-electron chi connectivity index (χ3n) is 2.80. The molecule has 110 valence electrons. The lowest BCUT2D eigenvalue weighted by Gasteiger charge is -2.11. The SMILES string of the molecule is Cc1cc(C)c(OCc2c(Cl)ncnc2Cl)c([N+](=O)[O-])c1. The molecule has 0 spiro atoms. The van der Waals surface area contributed by atoms with Gasteiger partial charge < -0.3 is 4.74 Å². The van der Waals surface area contributed by atoms with Crippen molar-refractivity contribution in [2.45, 2.75) is 20.5 Å². The average Bonchev–Trinajstić information content (AvgIpc) is 2.39. The van der Waals surface area contributed by atoms with Gasteiger partial charge in [-0.2, -0.15) is 0 Å². The Labute approximate surface area is 130 Å². The molecule has 0 unspecified atom stereocenters. The standard InChI is InChI=1S/C13H11Cl2N3O3/c1-7-3-8(2)11(10(4-7)18(19)20)21-5-9-12(14)16-6-17-13(9)15/h3-4,6H,5H2,1-2H3. The minimum atomic E-state index is -0.486. The Morgan fingerprint density at radius 3 is 2.43 bits per heavy atom. The summed E-state index contributed by atoms with van der Waals surface area (Å²) in [5.41, 5.74) is 1.73. The Kier molecular flexibility index (Phi) is 4.59. The van der Waals surface area contributed by atoms with Gasteiger partial charge in [-0.3, -0.25) is 10.1 Å². The van der Waals surface area contributed by atoms with Crippen molar-refractivity contribution in [1.82, 2.24) is 9.97 Å². The van der Waals surface area contributed by atoms with Crippen LogP contribution >= 0.6 is 23.2 Å². The van der Waals surface area contributed by atoms with E-state index in [-0.39, 0.29) is 28.3 Å². The van der Waals surface area contributed by atoms with Crippen LogP contribution in [0.4, 0.5) is 5.69 Å². The van der Waals surface area contributed by atoms with Gasteiger partial charge in [0.15, 0.2) is 5.75 Å². The maximum atomic E-state index is 11.1. The molecule has 0 amide bonds. The predicted molar refractivity (Wildman–Crippen MR) is 79.0 cm³/mol. The van der Waals surface area contributed by atoms with E-state index in [0.29, 0.717) is 11.1 Å². The number of aryl methyl sites for hydroxylation is 2. The Balaban J connectivity index is 2.34. The van der Waals surface area contributed by atoms with Crippen LogP contribution in [-0.2, 0) is 6.61 Å². The first-order valence-electron chi connectivity index (χ1n) is 5.93. The van der Waals surface area contributed by atoms with E-state index in [1.165, 1.54) is 12.4 Å². The summed E-state index contributed by atoms with van der Waals surface area (Å²) in [6, 6.07) is 3.25. The molecule has 2 aromatic rings. The Hall–Kier alpha value is -1.92. The minimum Gasteiger partial charge on any atom is -0.482 e. The van der Waals surface area contributed by atoms with E-state index in [1.807, 2.05) is 0 Å². The third kappa shape index (κ3) is 3.40. The van der Waals surface area contributed by atoms with Gasteiger partial charge in [-0.15, -0.1) is 0 Å². The summed E-state index contributed by atoms with van der Waals surface area (Å²) in [4.78, 5) is 18.2. The van der Waals surface area contributed by atoms with Crippen LogP contribution in [0.2, 0.25) is 10.3 Å². The fourth-order valence-corrected chi connectivity index (χ4v) is 2.31. The summed E-state index contributed by atoms with van der Waals surface area (Å²) in [5.74, 6) is 0.182. The number of ether oxygens (including phenoxy) is 1. The number of nitro groups is 1. The highest BCUT2D eigenvalue weighted by atomic mass is 35.5. The van der Waals surface area contributed by atoms with Crippen LogP contribution in [0.5, 0.6) is 5.75 Å². The molecule has 0 bridgehead atoms. The first kappa shape index (κ1) is 15.5. The van der Waals surface area contributed by atoms with E-state index in [0.717, 1.165) is 5.56 Å². The number of hydrogen-bond acceptors (Lipinski definition) is 5. The molecular weight excluding hydrogens is 317 g/mol. The Morgan fingerprint density at radius 2 is 1.86 bits per heavy atom. The lowest BCUT2D eigenvalue weighted by Crippen LogP contribution is -2.04. The quantitative estimate of drug-likeness (QED) is 0.483. The molecule has 0 saturated carbocycles. The molecule has 0 saturated heterocycles. The van der Waals surface area contributed by atoms with Crippen LogP contribution in [0.1, 0.15) is 16.7 Å². The highest BCUT2D eigenvalue weighted by molar-refractivity contribution is 6.34. The molecule has 21 heavy (non-hydrogen) atoms. The van der Waals surface area contributed by atoms with Crippen molar-refractivity contribution in [1.29, 1.82) is 0 Å². The van der Waals surface area contributed by atoms with Crippen LogP contribution in [-0.4, -0.2) is 14.9 Å². The van der Waals surface area contributed by atoms with Crippen LogP contribution in [0.3, 0.4) is 0 Å². The maximum absolute atomic E-state index is 11.1. The zero-order chi connectivity index (χ0) is 15.6. The fraction of sp³-hybridized carbons (Fsp3) is 0.231. The van der Waals surface area contributed by atoms with E-state index in [2.05, 4.69) is 9.97 Å². The molecular formula is C13H11Cl2N3O3. The van der Waals surface area contributed by atoms with Gasteiger partial charge in [0.05, 0.1) is 10.5 Å². The molecule has 6 nitrogen and oxygen atoms in total. The van der Waals surface area contributed by atoms with Gasteiger partial charge in [0, 0.05) is 6.07 Å². The van der Waals surface area contributed by atoms with Gasteiger partial charge in [-0.1, -0.05) is 29.3 Å². The Morgan fingerprint density at radius 1 is 1.24 bits per heavy atom. The topological polar surface area (TPSA) is 78.2 Å². The molecule has 0 aliphatic rings. The van der Waals surface area contributed by atoms with Gasteiger partial charge in [-0.25, -0.2) is 9.97 Å². The van der Waals surface area contributed by atoms with Gasteiger partial charge in [0.25, 0.3) is 0 Å². The first-order chi connectivity index (χ1) is 9.90. The summed E-state index contributed by atoms with van der Waals surface area (Å²) >= 11 is 11.8. The van der Waals surface area contributed by atoms with Crippen molar-refractivity contribution in [3.05, 3.63) is 55.6 Å². The van der Waals surface area contributed by atoms with Crippen LogP contribution < -0.4 is 4.74 Å². The van der Waals surface area contributed by atoms with E-state index < -0.39 is 4.92 Å². The molecule has 0 atom stereocenters. The number of benzene rings is 1. The molecule has 0 N–H and O–H groups in total. The fourth-order valence-electron chi connectivity index (χ4n) is 1.89. The summed E-state index contributed by atoms with van der Waals surface area (Å²) < 4.78 is 5.54. The number of halogens is 2. The summed E-state index contributed by atoms with van der Waals surface area (Å²) in [7, 11) is 0. The number of hydrogen-bond donors (Lipinski definition) is 0. The highest BCUT2D eigenvalue weighted by Gasteiger charge is 2.19. The van der Waals surface area contributed by atoms with Gasteiger partial charge in [0.1, 0.15) is 23.2 Å². The predicted octanol–water partition coefficient (Wildman–Crippen LogP) is 3.89. The van der Waals surface area contributed by atoms with Crippen molar-refractivity contribution in [3.63, 3.8) is 0 Å². The molecule has 0 fully saturated rings. The average molecular weight is 328 g/mol. The monoisotopic (exact) mass is 327 g/mol. The molecule has 2 rings (SSSR count). The van der Waals surface area contributed by atoms with Crippen LogP contribution in [0.15, 0.2) is 18.5 Å². The van der Waals surface area contributed by atoms with Crippen molar-refractivity contribution in [2.24, 2.45) is 0 Å². The Bertz CT molecular complexity index is 687. The van der Waals surface area contributed by atoms with E-state index in [1.54, 1.807) is 19.9 Å². The van der Waals surface area contributed by atoms with Crippen molar-refractivity contribution < 1.29 is 9.66 Å². The van der Waals surface area contributed by atoms with Crippen LogP contribution in [0, 0.1) is 24.0 Å². The number of nitro benzene ring substituents is 1. The lowest BCUT2D eigenvalue weighted by atomic mass is 10.1. The highest BCUT2D eigenvalue weighted by Crippen LogP contribution is 2.33. The summed E-state index contributed by atoms with van der Waals surface area (Å²) in [5, 5.41) is 11.4. The summed E-state index contributed by atoms with van der Waals surface area (Å²) in [6.45, 7) is 3.46. The van der Waals surface area contributed by atoms with Gasteiger partial charge >= 0.3 is 5.69 Å². The lowest BCUT2D eigenvalue weighted by molar-refractivity contribution is -0.386. The summed E-state index contributed by atoms with van der Waals surface area (Å²) in [6.07, 6.45) is 1.23. The minimum absolute atomic E-state index is 0.0523. The third-order valence-corrected chi connectivity index (χ3v) is 3.45. The molecule has 0 aliphatic carbocycles. The second-order valence-corrected chi connectivity index (χ2v) is 5.13. The zero-order valence-electron chi connectivity index (χ0n) is 11.3. The molecule has 1 heterocycles. The molecule has 0 radical (unpaired) electrons. The van der Waals surface area contributed by atoms with Gasteiger partial charge in [0.2, 0.25) is 0 Å². The largest absolute Gasteiger partial charge is 0.482 e. The zero-order valence-corrected chi connectivity index (χ0v) is 12.8. The van der Waals surface area contributed by atoms with Crippen LogP contribution in [0.25, 0.3) is 0 Å². The molecule has 1 aromatic heterocycles. The van der Waals surface area contributed by atoms with Gasteiger partial charge in [-0.05, 0) is 25.0 Å². The molecule has 8 heteroatoms. The number of aromatic nitrogens is 2. The number of rotatable bonds is 4. The van der Waals surface area contributed by atoms with Crippen molar-refractivity contribution in [3.8, 4) is 5.75 Å². The second-order valence-electron chi connectivity index (χ2n) is 4.41. The van der Waals surface area contributed by atoms with E-state index in [9.17, 15) is 10.1 Å². The first-order valence-corrected chi connectivity index (χ1v) is 6.69. The smallest absolute Gasteiger partial charge is 0.311 e. The molecule has 0 aliphatic heterocycles. The normalized spacial score (nSPS) is 10.5.